The Morgan fingerprint density at radius 1 is 1.25 bits per heavy atom. The predicted octanol–water partition coefficient (Wildman–Crippen LogP) is 2.79. The fourth-order valence-electron chi connectivity index (χ4n) is 2.61. The minimum Gasteiger partial charge on any atom is -0.491 e. The Labute approximate surface area is 115 Å². The number of nitro groups is 1. The first-order valence-corrected chi connectivity index (χ1v) is 6.31. The Bertz CT molecular complexity index is 675. The number of hydrogen-bond acceptors (Lipinski definition) is 3. The monoisotopic (exact) mass is 272 g/mol. The Balaban J connectivity index is 2.10. The number of aromatic nitrogens is 1. The number of nitro benzene ring substituents is 1. The smallest absolute Gasteiger partial charge is 0.269 e. The highest BCUT2D eigenvalue weighted by Crippen LogP contribution is 2.33. The zero-order valence-electron chi connectivity index (χ0n) is 10.7. The quantitative estimate of drug-likeness (QED) is 0.530. The van der Waals surface area contributed by atoms with Crippen LogP contribution in [0.25, 0.3) is 0 Å². The molecule has 0 amide bonds. The summed E-state index contributed by atoms with van der Waals surface area (Å²) < 4.78 is 2.06. The van der Waals surface area contributed by atoms with Gasteiger partial charge in [0.1, 0.15) is 12.7 Å². The summed E-state index contributed by atoms with van der Waals surface area (Å²) in [7, 11) is 0. The van der Waals surface area contributed by atoms with E-state index in [1.54, 1.807) is 35.1 Å². The van der Waals surface area contributed by atoms with Crippen molar-refractivity contribution in [2.45, 2.75) is 6.42 Å². The largest absolute Gasteiger partial charge is 0.491 e. The molecule has 1 aromatic carbocycles. The molecule has 1 unspecified atom stereocenters. The Kier molecular flexibility index (Phi) is 2.80. The van der Waals surface area contributed by atoms with Crippen LogP contribution in [0, 0.1) is 10.1 Å². The molecule has 2 heterocycles. The van der Waals surface area contributed by atoms with Crippen LogP contribution in [0.5, 0.6) is 5.88 Å². The maximum absolute atomic E-state index is 10.7. The van der Waals surface area contributed by atoms with E-state index in [0.717, 1.165) is 18.7 Å². The van der Waals surface area contributed by atoms with Crippen LogP contribution in [0.2, 0.25) is 0 Å². The minimum atomic E-state index is -0.416. The van der Waals surface area contributed by atoms with Crippen molar-refractivity contribution in [1.82, 2.24) is 9.27 Å². The molecule has 1 atom stereocenters. The van der Waals surface area contributed by atoms with Crippen molar-refractivity contribution in [3.05, 3.63) is 65.0 Å². The van der Waals surface area contributed by atoms with E-state index in [9.17, 15) is 15.2 Å². The predicted molar refractivity (Wildman–Crippen MR) is 75.0 cm³/mol. The summed E-state index contributed by atoms with van der Waals surface area (Å²) in [6.45, 7) is 0.764. The molecule has 0 spiro atoms. The fourth-order valence-corrected chi connectivity index (χ4v) is 2.61. The molecule has 0 saturated carbocycles. The zero-order valence-corrected chi connectivity index (χ0v) is 10.7. The van der Waals surface area contributed by atoms with Crippen molar-refractivity contribution in [2.75, 3.05) is 6.54 Å². The Morgan fingerprint density at radius 3 is 2.50 bits per heavy atom. The molecule has 0 fully saturated rings. The van der Waals surface area contributed by atoms with E-state index < -0.39 is 4.92 Å². The van der Waals surface area contributed by atoms with Crippen LogP contribution in [-0.4, -0.2) is 21.3 Å². The van der Waals surface area contributed by atoms with Crippen LogP contribution in [0.3, 0.4) is 0 Å². The van der Waals surface area contributed by atoms with Crippen LogP contribution < -0.4 is 4.59 Å². The van der Waals surface area contributed by atoms with Gasteiger partial charge in [0.15, 0.2) is 5.69 Å². The minimum absolute atomic E-state index is 0.0619. The highest BCUT2D eigenvalue weighted by Gasteiger charge is 2.35. The molecule has 0 saturated heterocycles. The van der Waals surface area contributed by atoms with Gasteiger partial charge >= 0.3 is 0 Å². The molecular weight excluding hydrogens is 258 g/mol. The van der Waals surface area contributed by atoms with Crippen LogP contribution >= 0.6 is 0 Å². The lowest BCUT2D eigenvalue weighted by Crippen LogP contribution is -2.46. The first-order valence-electron chi connectivity index (χ1n) is 6.31. The Morgan fingerprint density at radius 2 is 2.00 bits per heavy atom. The maximum Gasteiger partial charge on any atom is 0.269 e. The molecule has 6 heteroatoms. The molecule has 1 aliphatic heterocycles. The van der Waals surface area contributed by atoms with Gasteiger partial charge in [-0.05, 0) is 12.1 Å². The summed E-state index contributed by atoms with van der Waals surface area (Å²) in [5.74, 6) is 0.162. The number of quaternary nitrogens is 1. The van der Waals surface area contributed by atoms with E-state index in [4.69, 9.17) is 0 Å². The molecule has 1 aromatic heterocycles. The molecule has 0 aliphatic carbocycles. The molecule has 0 radical (unpaired) electrons. The van der Waals surface area contributed by atoms with Gasteiger partial charge in [0, 0.05) is 36.8 Å². The topological polar surface area (TPSA) is 68.3 Å². The van der Waals surface area contributed by atoms with Crippen molar-refractivity contribution < 1.29 is 10.0 Å². The van der Waals surface area contributed by atoms with Gasteiger partial charge in [-0.1, -0.05) is 0 Å². The van der Waals surface area contributed by atoms with Crippen LogP contribution in [-0.2, 0) is 0 Å². The van der Waals surface area contributed by atoms with Gasteiger partial charge in [-0.2, -0.15) is 9.27 Å². The SMILES string of the molecule is O=[N+]([O-])c1ccc([N+]2(n3cccc3O)C=CCC2)cc1. The number of hydrogen-bond donors (Lipinski definition) is 1. The van der Waals surface area contributed by atoms with Gasteiger partial charge in [0.05, 0.1) is 11.1 Å². The van der Waals surface area contributed by atoms with E-state index >= 15 is 0 Å². The van der Waals surface area contributed by atoms with Gasteiger partial charge in [0.25, 0.3) is 5.69 Å². The average Bonchev–Trinajstić information content (AvgIpc) is 3.08. The van der Waals surface area contributed by atoms with Crippen molar-refractivity contribution in [3.63, 3.8) is 0 Å². The summed E-state index contributed by atoms with van der Waals surface area (Å²) in [5.41, 5.74) is 0.933. The van der Waals surface area contributed by atoms with Gasteiger partial charge in [-0.25, -0.2) is 0 Å². The molecule has 1 aliphatic rings. The third kappa shape index (κ3) is 1.78. The number of non-ortho nitro benzene ring substituents is 1. The average molecular weight is 272 g/mol. The highest BCUT2D eigenvalue weighted by molar-refractivity contribution is 5.51. The van der Waals surface area contributed by atoms with Crippen molar-refractivity contribution in [1.29, 1.82) is 0 Å². The Hall–Kier alpha value is -2.60. The van der Waals surface area contributed by atoms with Crippen molar-refractivity contribution in [2.24, 2.45) is 0 Å². The van der Waals surface area contributed by atoms with Gasteiger partial charge in [0.2, 0.25) is 5.88 Å². The summed E-state index contributed by atoms with van der Waals surface area (Å²) in [4.78, 5) is 10.3. The summed E-state index contributed by atoms with van der Waals surface area (Å²) in [6, 6.07) is 9.83. The van der Waals surface area contributed by atoms with Gasteiger partial charge < -0.3 is 5.11 Å². The van der Waals surface area contributed by atoms with Crippen molar-refractivity contribution in [3.8, 4) is 5.88 Å². The van der Waals surface area contributed by atoms with E-state index in [1.165, 1.54) is 12.1 Å². The second-order valence-electron chi connectivity index (χ2n) is 4.71. The number of rotatable bonds is 3. The number of benzene rings is 1. The number of nitrogens with zero attached hydrogens (tertiary/aromatic N) is 3. The third-order valence-electron chi connectivity index (χ3n) is 3.59. The summed E-state index contributed by atoms with van der Waals surface area (Å²) in [6.07, 6.45) is 6.71. The normalized spacial score (nSPS) is 21.2. The number of aromatic hydroxyl groups is 1. The van der Waals surface area contributed by atoms with Crippen LogP contribution in [0.4, 0.5) is 11.4 Å². The van der Waals surface area contributed by atoms with Crippen LogP contribution in [0.15, 0.2) is 54.9 Å². The van der Waals surface area contributed by atoms with Gasteiger partial charge in [-0.3, -0.25) is 10.1 Å². The molecule has 20 heavy (non-hydrogen) atoms. The summed E-state index contributed by atoms with van der Waals surface area (Å²) in [5, 5.41) is 20.7. The molecule has 2 aromatic rings. The molecule has 6 nitrogen and oxygen atoms in total. The maximum atomic E-state index is 10.7. The van der Waals surface area contributed by atoms with Crippen LogP contribution in [0.1, 0.15) is 6.42 Å². The van der Waals surface area contributed by atoms with E-state index in [2.05, 4.69) is 0 Å². The van der Waals surface area contributed by atoms with Crippen molar-refractivity contribution >= 4 is 11.4 Å². The van der Waals surface area contributed by atoms with E-state index in [-0.39, 0.29) is 11.6 Å². The fraction of sp³-hybridized carbons (Fsp3) is 0.143. The zero-order chi connectivity index (χ0) is 14.2. The molecule has 1 N–H and O–H groups in total. The second kappa shape index (κ2) is 4.50. The first-order chi connectivity index (χ1) is 9.63. The molecule has 102 valence electrons. The van der Waals surface area contributed by atoms with E-state index in [0.29, 0.717) is 4.59 Å². The van der Waals surface area contributed by atoms with E-state index in [1.807, 2.05) is 12.3 Å². The lowest BCUT2D eigenvalue weighted by atomic mass is 10.2. The molecule has 3 rings (SSSR count). The third-order valence-corrected chi connectivity index (χ3v) is 3.59. The summed E-state index contributed by atoms with van der Waals surface area (Å²) >= 11 is 0. The first kappa shape index (κ1) is 12.4. The standard InChI is InChI=1S/C14H13N3O3/c18-14-4-3-9-15(14)17(10-1-2-11-17)13-7-5-12(6-8-13)16(19)20/h1,3-10H,2,11H2/p+1. The second-order valence-corrected chi connectivity index (χ2v) is 4.71. The highest BCUT2D eigenvalue weighted by atomic mass is 16.6. The molecular formula is C14H14N3O3+. The molecule has 0 bridgehead atoms. The lowest BCUT2D eigenvalue weighted by molar-refractivity contribution is -0.384. The lowest BCUT2D eigenvalue weighted by Gasteiger charge is -2.31. The van der Waals surface area contributed by atoms with Gasteiger partial charge in [-0.15, -0.1) is 0 Å².